The van der Waals surface area contributed by atoms with Gasteiger partial charge in [-0.25, -0.2) is 9.48 Å². The van der Waals surface area contributed by atoms with Crippen LogP contribution in [0.2, 0.25) is 10.0 Å². The Morgan fingerprint density at radius 2 is 1.77 bits per heavy atom. The first-order valence-electron chi connectivity index (χ1n) is 9.12. The molecule has 30 heavy (non-hydrogen) atoms. The van der Waals surface area contributed by atoms with E-state index in [-0.39, 0.29) is 10.9 Å². The van der Waals surface area contributed by atoms with Gasteiger partial charge in [0.05, 0.1) is 33.5 Å². The molecule has 3 amide bonds. The van der Waals surface area contributed by atoms with E-state index in [0.29, 0.717) is 22.9 Å². The Balaban J connectivity index is 1.76. The smallest absolute Gasteiger partial charge is 0.324 e. The summed E-state index contributed by atoms with van der Waals surface area (Å²) in [5.41, 5.74) is 2.78. The second-order valence-electron chi connectivity index (χ2n) is 6.89. The van der Waals surface area contributed by atoms with Gasteiger partial charge in [-0.2, -0.15) is 5.10 Å². The van der Waals surface area contributed by atoms with Crippen LogP contribution in [-0.4, -0.2) is 40.7 Å². The first kappa shape index (κ1) is 21.7. The van der Waals surface area contributed by atoms with E-state index in [0.717, 1.165) is 16.9 Å². The van der Waals surface area contributed by atoms with E-state index in [1.165, 1.54) is 0 Å². The zero-order chi connectivity index (χ0) is 21.8. The second-order valence-corrected chi connectivity index (χ2v) is 7.68. The number of benzene rings is 2. The van der Waals surface area contributed by atoms with Crippen molar-refractivity contribution in [2.24, 2.45) is 0 Å². The van der Waals surface area contributed by atoms with E-state index >= 15 is 0 Å². The lowest BCUT2D eigenvalue weighted by atomic mass is 10.1. The van der Waals surface area contributed by atoms with Gasteiger partial charge < -0.3 is 10.2 Å². The number of aromatic nitrogens is 2. The van der Waals surface area contributed by atoms with Gasteiger partial charge in [-0.05, 0) is 36.8 Å². The molecular formula is C21H21Cl2N5O2. The fourth-order valence-electron chi connectivity index (χ4n) is 2.74. The first-order valence-corrected chi connectivity index (χ1v) is 9.88. The maximum atomic E-state index is 12.5. The highest BCUT2D eigenvalue weighted by atomic mass is 35.5. The minimum absolute atomic E-state index is 0.0244. The number of carbonyl (C=O) groups excluding carboxylic acids is 2. The minimum Gasteiger partial charge on any atom is -0.349 e. The number of likely N-dealkylation sites (N-methyl/N-ethyl adjacent to an activating group) is 1. The number of anilines is 2. The number of aryl methyl sites for hydroxylation is 1. The van der Waals surface area contributed by atoms with Crippen LogP contribution in [0.5, 0.6) is 0 Å². The summed E-state index contributed by atoms with van der Waals surface area (Å²) in [6, 6.07) is 13.7. The van der Waals surface area contributed by atoms with E-state index in [2.05, 4.69) is 15.7 Å². The third kappa shape index (κ3) is 5.11. The number of hydrogen-bond donors (Lipinski definition) is 2. The lowest BCUT2D eigenvalue weighted by Crippen LogP contribution is -2.23. The monoisotopic (exact) mass is 445 g/mol. The van der Waals surface area contributed by atoms with Crippen LogP contribution in [0, 0.1) is 6.92 Å². The zero-order valence-corrected chi connectivity index (χ0v) is 18.3. The van der Waals surface area contributed by atoms with E-state index in [1.54, 1.807) is 47.9 Å². The fraction of sp³-hybridized carbons (Fsp3) is 0.190. The van der Waals surface area contributed by atoms with Crippen LogP contribution in [0.25, 0.3) is 5.69 Å². The van der Waals surface area contributed by atoms with Crippen LogP contribution in [-0.2, 0) is 11.2 Å². The van der Waals surface area contributed by atoms with Crippen LogP contribution in [0.15, 0.2) is 48.5 Å². The topological polar surface area (TPSA) is 79.3 Å². The summed E-state index contributed by atoms with van der Waals surface area (Å²) in [4.78, 5) is 25.9. The van der Waals surface area contributed by atoms with Crippen molar-refractivity contribution in [3.63, 3.8) is 0 Å². The number of nitrogens with one attached hydrogen (secondary N) is 2. The SMILES string of the molecule is Cc1cc(NC(=O)Nc2cccc(Cl)c2Cl)n(-c2ccc(CC(=O)N(C)C)cc2)n1. The normalized spacial score (nSPS) is 10.6. The third-order valence-electron chi connectivity index (χ3n) is 4.31. The summed E-state index contributed by atoms with van der Waals surface area (Å²) in [5.74, 6) is 0.511. The molecule has 0 atom stereocenters. The van der Waals surface area contributed by atoms with Gasteiger partial charge in [-0.3, -0.25) is 10.1 Å². The van der Waals surface area contributed by atoms with Gasteiger partial charge in [0.2, 0.25) is 5.91 Å². The molecule has 2 N–H and O–H groups in total. The Morgan fingerprint density at radius 1 is 1.07 bits per heavy atom. The highest BCUT2D eigenvalue weighted by molar-refractivity contribution is 6.44. The minimum atomic E-state index is -0.478. The molecular weight excluding hydrogens is 425 g/mol. The van der Waals surface area contributed by atoms with Crippen molar-refractivity contribution >= 4 is 46.6 Å². The number of carbonyl (C=O) groups is 2. The first-order chi connectivity index (χ1) is 14.2. The molecule has 3 aromatic rings. The van der Waals surface area contributed by atoms with Crippen LogP contribution >= 0.6 is 23.2 Å². The summed E-state index contributed by atoms with van der Waals surface area (Å²) in [5, 5.41) is 10.5. The van der Waals surface area contributed by atoms with Gasteiger partial charge >= 0.3 is 6.03 Å². The van der Waals surface area contributed by atoms with E-state index in [4.69, 9.17) is 23.2 Å². The Morgan fingerprint density at radius 3 is 2.43 bits per heavy atom. The molecule has 0 saturated heterocycles. The molecule has 0 aliphatic rings. The molecule has 0 saturated carbocycles. The number of amides is 3. The fourth-order valence-corrected chi connectivity index (χ4v) is 3.09. The van der Waals surface area contributed by atoms with Gasteiger partial charge in [0.1, 0.15) is 5.82 Å². The van der Waals surface area contributed by atoms with Crippen molar-refractivity contribution < 1.29 is 9.59 Å². The summed E-state index contributed by atoms with van der Waals surface area (Å²) >= 11 is 12.1. The average molecular weight is 446 g/mol. The van der Waals surface area contributed by atoms with Crippen molar-refractivity contribution in [2.75, 3.05) is 24.7 Å². The Labute approximate surface area is 184 Å². The number of rotatable bonds is 5. The molecule has 0 radical (unpaired) electrons. The quantitative estimate of drug-likeness (QED) is 0.593. The molecule has 1 aromatic heterocycles. The lowest BCUT2D eigenvalue weighted by molar-refractivity contribution is -0.127. The molecule has 7 nitrogen and oxygen atoms in total. The molecule has 3 rings (SSSR count). The summed E-state index contributed by atoms with van der Waals surface area (Å²) in [6.45, 7) is 1.83. The van der Waals surface area contributed by atoms with Crippen LogP contribution in [0.3, 0.4) is 0 Å². The van der Waals surface area contributed by atoms with E-state index in [9.17, 15) is 9.59 Å². The molecule has 1 heterocycles. The number of urea groups is 1. The summed E-state index contributed by atoms with van der Waals surface area (Å²) in [6.07, 6.45) is 0.319. The molecule has 0 unspecified atom stereocenters. The van der Waals surface area contributed by atoms with Gasteiger partial charge in [0, 0.05) is 20.2 Å². The van der Waals surface area contributed by atoms with Crippen LogP contribution in [0.1, 0.15) is 11.3 Å². The molecule has 0 aliphatic carbocycles. The van der Waals surface area contributed by atoms with Gasteiger partial charge in [0.15, 0.2) is 0 Å². The third-order valence-corrected chi connectivity index (χ3v) is 5.13. The molecule has 9 heteroatoms. The van der Waals surface area contributed by atoms with Gasteiger partial charge in [-0.1, -0.05) is 41.4 Å². The largest absolute Gasteiger partial charge is 0.349 e. The van der Waals surface area contributed by atoms with Crippen LogP contribution in [0.4, 0.5) is 16.3 Å². The van der Waals surface area contributed by atoms with Crippen LogP contribution < -0.4 is 10.6 Å². The highest BCUT2D eigenvalue weighted by Gasteiger charge is 2.13. The molecule has 0 aliphatic heterocycles. The van der Waals surface area contributed by atoms with Gasteiger partial charge in [-0.15, -0.1) is 0 Å². The average Bonchev–Trinajstić information content (AvgIpc) is 3.06. The second kappa shape index (κ2) is 9.19. The van der Waals surface area contributed by atoms with Crippen molar-refractivity contribution in [1.82, 2.24) is 14.7 Å². The van der Waals surface area contributed by atoms with Crippen molar-refractivity contribution in [3.8, 4) is 5.69 Å². The molecule has 156 valence electrons. The Bertz CT molecular complexity index is 1080. The van der Waals surface area contributed by atoms with Crippen molar-refractivity contribution in [1.29, 1.82) is 0 Å². The predicted octanol–water partition coefficient (Wildman–Crippen LogP) is 4.76. The Kier molecular flexibility index (Phi) is 6.64. The van der Waals surface area contributed by atoms with Gasteiger partial charge in [0.25, 0.3) is 0 Å². The maximum absolute atomic E-state index is 12.5. The highest BCUT2D eigenvalue weighted by Crippen LogP contribution is 2.29. The molecule has 0 spiro atoms. The standard InChI is InChI=1S/C21H21Cl2N5O2/c1-13-11-18(25-21(30)24-17-6-4-5-16(22)20(17)23)28(26-13)15-9-7-14(8-10-15)12-19(29)27(2)3/h4-11H,12H2,1-3H3,(H2,24,25,30). The summed E-state index contributed by atoms with van der Waals surface area (Å²) in [7, 11) is 3.45. The van der Waals surface area contributed by atoms with E-state index in [1.807, 2.05) is 31.2 Å². The van der Waals surface area contributed by atoms with Crippen molar-refractivity contribution in [2.45, 2.75) is 13.3 Å². The predicted molar refractivity (Wildman–Crippen MR) is 120 cm³/mol. The van der Waals surface area contributed by atoms with Crippen molar-refractivity contribution in [3.05, 3.63) is 69.8 Å². The summed E-state index contributed by atoms with van der Waals surface area (Å²) < 4.78 is 1.62. The molecule has 0 fully saturated rings. The molecule has 0 bridgehead atoms. The maximum Gasteiger partial charge on any atom is 0.324 e. The Hall–Kier alpha value is -3.03. The number of halogens is 2. The number of nitrogens with zero attached hydrogens (tertiary/aromatic N) is 3. The molecule has 2 aromatic carbocycles. The number of hydrogen-bond acceptors (Lipinski definition) is 3. The lowest BCUT2D eigenvalue weighted by Gasteiger charge is -2.12. The zero-order valence-electron chi connectivity index (χ0n) is 16.7. The van der Waals surface area contributed by atoms with E-state index < -0.39 is 6.03 Å².